The second-order valence-corrected chi connectivity index (χ2v) is 11.5. The third kappa shape index (κ3) is 3.13. The number of hydrogen-bond acceptors (Lipinski definition) is 0. The quantitative estimate of drug-likeness (QED) is 0.333. The highest BCUT2D eigenvalue weighted by Gasteiger charge is 2.74. The molecule has 1 saturated heterocycles. The van der Waals surface area contributed by atoms with Gasteiger partial charge in [0.1, 0.15) is 37.0 Å². The summed E-state index contributed by atoms with van der Waals surface area (Å²) >= 11 is 0. The van der Waals surface area contributed by atoms with Gasteiger partial charge >= 0.3 is 0 Å². The Morgan fingerprint density at radius 3 is 0.781 bits per heavy atom. The molecule has 186 valence electrons. The number of halogens is 13. The van der Waals surface area contributed by atoms with E-state index in [-0.39, 0.29) is 0 Å². The largest absolute Gasteiger partial charge is 0.244 e. The molecule has 14 heteroatoms. The zero-order valence-electron chi connectivity index (χ0n) is 15.8. The molecule has 4 aliphatic rings. The summed E-state index contributed by atoms with van der Waals surface area (Å²) in [5.41, 5.74) is -7.50. The minimum Gasteiger partial charge on any atom is -0.244 e. The van der Waals surface area contributed by atoms with E-state index in [1.807, 2.05) is 0 Å². The predicted molar refractivity (Wildman–Crippen MR) is 88.9 cm³/mol. The molecule has 0 radical (unpaired) electrons. The third-order valence-electron chi connectivity index (χ3n) is 7.35. The highest BCUT2D eigenvalue weighted by atomic mass is 31.1. The van der Waals surface area contributed by atoms with Gasteiger partial charge in [0.2, 0.25) is 0 Å². The van der Waals surface area contributed by atoms with Crippen molar-refractivity contribution >= 4 is 7.92 Å². The first-order valence-electron chi connectivity index (χ1n) is 9.94. The van der Waals surface area contributed by atoms with Crippen LogP contribution in [0, 0.1) is 11.8 Å². The summed E-state index contributed by atoms with van der Waals surface area (Å²) in [7, 11) is -3.39. The van der Waals surface area contributed by atoms with Crippen LogP contribution < -0.4 is 0 Å². The first kappa shape index (κ1) is 24.6. The molecule has 3 aliphatic carbocycles. The van der Waals surface area contributed by atoms with Crippen LogP contribution in [0.3, 0.4) is 0 Å². The molecule has 4 rings (SSSR count). The highest BCUT2D eigenvalue weighted by molar-refractivity contribution is 7.60. The van der Waals surface area contributed by atoms with E-state index in [2.05, 4.69) is 0 Å². The van der Waals surface area contributed by atoms with E-state index < -0.39 is 117 Å². The second kappa shape index (κ2) is 8.33. The van der Waals surface area contributed by atoms with Gasteiger partial charge in [-0.2, -0.15) is 0 Å². The lowest BCUT2D eigenvalue weighted by molar-refractivity contribution is -0.0931. The van der Waals surface area contributed by atoms with Crippen LogP contribution in [0.4, 0.5) is 57.1 Å². The van der Waals surface area contributed by atoms with E-state index in [0.29, 0.717) is 0 Å². The standard InChI is InChI=1S/C18H18F13P/c19-3-1-2-4(20)6(22)9(25)13(29)17(2)32(16(1)12(28)8(24)5(3)21)18-14(30)10(26)7(23)11(27)15(18)31/h1-18H. The maximum atomic E-state index is 14.9. The Kier molecular flexibility index (Phi) is 6.41. The molecule has 16 unspecified atom stereocenters. The van der Waals surface area contributed by atoms with Crippen LogP contribution in [0.25, 0.3) is 0 Å². The van der Waals surface area contributed by atoms with Gasteiger partial charge in [0.15, 0.2) is 43.2 Å². The van der Waals surface area contributed by atoms with Gasteiger partial charge in [-0.25, -0.2) is 57.1 Å². The van der Waals surface area contributed by atoms with Crippen LogP contribution in [0.2, 0.25) is 0 Å². The van der Waals surface area contributed by atoms with Crippen LogP contribution in [0.15, 0.2) is 0 Å². The fraction of sp³-hybridized carbons (Fsp3) is 1.00. The van der Waals surface area contributed by atoms with Gasteiger partial charge < -0.3 is 0 Å². The molecular weight excluding hydrogens is 494 g/mol. The molecule has 1 aliphatic heterocycles. The van der Waals surface area contributed by atoms with E-state index in [1.165, 1.54) is 0 Å². The third-order valence-corrected chi connectivity index (χ3v) is 11.2. The predicted octanol–water partition coefficient (Wildman–Crippen LogP) is 5.26. The van der Waals surface area contributed by atoms with E-state index in [9.17, 15) is 57.1 Å². The summed E-state index contributed by atoms with van der Waals surface area (Å²) in [6, 6.07) is 0. The van der Waals surface area contributed by atoms with E-state index in [4.69, 9.17) is 0 Å². The summed E-state index contributed by atoms with van der Waals surface area (Å²) in [5, 5.41) is 0. The molecule has 0 amide bonds. The molecule has 0 aromatic rings. The minimum absolute atomic E-state index is 2.36. The highest BCUT2D eigenvalue weighted by Crippen LogP contribution is 2.73. The molecule has 32 heavy (non-hydrogen) atoms. The Labute approximate surface area is 175 Å². The smallest absolute Gasteiger partial charge is 0.168 e. The van der Waals surface area contributed by atoms with Crippen molar-refractivity contribution in [3.63, 3.8) is 0 Å². The molecule has 0 N–H and O–H groups in total. The number of fused-ring (bicyclic) bond motifs is 3. The first-order chi connectivity index (χ1) is 14.8. The summed E-state index contributed by atoms with van der Waals surface area (Å²) in [4.78, 5) is 0. The zero-order valence-corrected chi connectivity index (χ0v) is 16.6. The normalized spacial score (nSPS) is 65.3. The molecule has 0 aromatic heterocycles. The lowest BCUT2D eigenvalue weighted by Crippen LogP contribution is -2.58. The first-order valence-corrected chi connectivity index (χ1v) is 11.5. The molecule has 1 heterocycles. The van der Waals surface area contributed by atoms with Crippen LogP contribution in [0.1, 0.15) is 0 Å². The number of rotatable bonds is 1. The maximum Gasteiger partial charge on any atom is 0.168 e. The van der Waals surface area contributed by atoms with Crippen molar-refractivity contribution in [2.24, 2.45) is 11.8 Å². The van der Waals surface area contributed by atoms with Gasteiger partial charge in [-0.3, -0.25) is 0 Å². The van der Waals surface area contributed by atoms with Gasteiger partial charge in [-0.1, -0.05) is 7.92 Å². The number of alkyl halides is 13. The van der Waals surface area contributed by atoms with Crippen LogP contribution in [-0.2, 0) is 0 Å². The van der Waals surface area contributed by atoms with Crippen molar-refractivity contribution in [3.8, 4) is 0 Å². The van der Waals surface area contributed by atoms with Crippen LogP contribution in [-0.4, -0.2) is 97.2 Å². The Bertz CT molecular complexity index is 648. The van der Waals surface area contributed by atoms with Gasteiger partial charge in [0, 0.05) is 28.8 Å². The van der Waals surface area contributed by atoms with Crippen molar-refractivity contribution in [1.82, 2.24) is 0 Å². The summed E-state index contributed by atoms with van der Waals surface area (Å²) in [6.45, 7) is 0. The average molecular weight is 512 g/mol. The van der Waals surface area contributed by atoms with Crippen LogP contribution >= 0.6 is 7.92 Å². The van der Waals surface area contributed by atoms with Gasteiger partial charge in [0.25, 0.3) is 0 Å². The molecule has 0 spiro atoms. The molecule has 0 bridgehead atoms. The molecule has 3 saturated carbocycles. The minimum atomic E-state index is -3.39. The van der Waals surface area contributed by atoms with E-state index in [0.717, 1.165) is 0 Å². The molecule has 0 nitrogen and oxygen atoms in total. The Hall–Kier alpha value is -0.480. The van der Waals surface area contributed by atoms with Crippen molar-refractivity contribution in [2.75, 3.05) is 0 Å². The Morgan fingerprint density at radius 1 is 0.250 bits per heavy atom. The van der Waals surface area contributed by atoms with Gasteiger partial charge in [-0.15, -0.1) is 0 Å². The van der Waals surface area contributed by atoms with Crippen LogP contribution in [0.5, 0.6) is 0 Å². The van der Waals surface area contributed by atoms with E-state index in [1.54, 1.807) is 0 Å². The van der Waals surface area contributed by atoms with Gasteiger partial charge in [-0.05, 0) is 0 Å². The lowest BCUT2D eigenvalue weighted by Gasteiger charge is -2.46. The second-order valence-electron chi connectivity index (χ2n) is 8.85. The Morgan fingerprint density at radius 2 is 0.469 bits per heavy atom. The van der Waals surface area contributed by atoms with Crippen molar-refractivity contribution in [2.45, 2.75) is 97.2 Å². The fourth-order valence-electron chi connectivity index (χ4n) is 5.92. The van der Waals surface area contributed by atoms with Crippen molar-refractivity contribution < 1.29 is 57.1 Å². The monoisotopic (exact) mass is 512 g/mol. The molecular formula is C18H18F13P. The van der Waals surface area contributed by atoms with Gasteiger partial charge in [0.05, 0.1) is 0 Å². The molecule has 4 fully saturated rings. The lowest BCUT2D eigenvalue weighted by atomic mass is 9.69. The SMILES string of the molecule is FC1C(F)C(F)C(P2C3C(F)C(F)C(F)C(F)C3C3C(F)C(F)C(F)C(F)C32)C(F)C1F. The summed E-state index contributed by atoms with van der Waals surface area (Å²) < 4.78 is 187. The van der Waals surface area contributed by atoms with Crippen molar-refractivity contribution in [3.05, 3.63) is 0 Å². The maximum absolute atomic E-state index is 14.9. The van der Waals surface area contributed by atoms with Crippen molar-refractivity contribution in [1.29, 1.82) is 0 Å². The average Bonchev–Trinajstić information content (AvgIpc) is 3.12. The topological polar surface area (TPSA) is 0 Å². The Balaban J connectivity index is 1.86. The number of hydrogen-bond donors (Lipinski definition) is 0. The summed E-state index contributed by atoms with van der Waals surface area (Å²) in [5.74, 6) is -4.72. The summed E-state index contributed by atoms with van der Waals surface area (Å²) in [6.07, 6.45) is -41.9. The molecule has 0 aromatic carbocycles. The van der Waals surface area contributed by atoms with E-state index >= 15 is 0 Å². The fourth-order valence-corrected chi connectivity index (χ4v) is 10.6. The molecule has 16 atom stereocenters. The zero-order chi connectivity index (χ0) is 24.0.